The van der Waals surface area contributed by atoms with Crippen molar-refractivity contribution in [3.05, 3.63) is 48.5 Å². The molecule has 1 aromatic carbocycles. The summed E-state index contributed by atoms with van der Waals surface area (Å²) in [5.74, 6) is 0.970. The van der Waals surface area contributed by atoms with Crippen LogP contribution in [0.4, 0.5) is 5.82 Å². The van der Waals surface area contributed by atoms with Crippen LogP contribution in [0, 0.1) is 5.92 Å². The highest BCUT2D eigenvalue weighted by Crippen LogP contribution is 2.33. The smallest absolute Gasteiger partial charge is 0.167 e. The minimum Gasteiger partial charge on any atom is -0.394 e. The first-order valence-corrected chi connectivity index (χ1v) is 9.52. The predicted molar refractivity (Wildman–Crippen MR) is 105 cm³/mol. The average Bonchev–Trinajstić information content (AvgIpc) is 3.29. The minimum absolute atomic E-state index is 0.0662. The van der Waals surface area contributed by atoms with Crippen molar-refractivity contribution in [3.8, 4) is 0 Å². The van der Waals surface area contributed by atoms with Gasteiger partial charge in [0.25, 0.3) is 0 Å². The summed E-state index contributed by atoms with van der Waals surface area (Å²) in [6.45, 7) is 4.17. The molecule has 3 N–H and O–H groups in total. The number of imidazole rings is 1. The fourth-order valence-corrected chi connectivity index (χ4v) is 3.68. The monoisotopic (exact) mass is 383 g/mol. The third-order valence-electron chi connectivity index (χ3n) is 5.12. The van der Waals surface area contributed by atoms with Crippen LogP contribution in [0.1, 0.15) is 38.1 Å². The number of hydrogen-bond acceptors (Lipinski definition) is 7. The van der Waals surface area contributed by atoms with Gasteiger partial charge < -0.3 is 20.3 Å². The van der Waals surface area contributed by atoms with Gasteiger partial charge in [-0.25, -0.2) is 15.0 Å². The van der Waals surface area contributed by atoms with Crippen LogP contribution in [-0.4, -0.2) is 48.5 Å². The fourth-order valence-electron chi connectivity index (χ4n) is 3.68. The summed E-state index contributed by atoms with van der Waals surface area (Å²) in [7, 11) is 0. The van der Waals surface area contributed by atoms with Gasteiger partial charge in [-0.2, -0.15) is 0 Å². The lowest BCUT2D eigenvalue weighted by molar-refractivity contribution is -0.0486. The van der Waals surface area contributed by atoms with Gasteiger partial charge in [0.1, 0.15) is 12.4 Å². The highest BCUT2D eigenvalue weighted by molar-refractivity contribution is 5.83. The van der Waals surface area contributed by atoms with E-state index in [1.165, 1.54) is 11.9 Å². The SMILES string of the molecule is CC(C)C(Nc1ncnc2c1ncn2C1OC(CO)CC1O)c1ccccc1. The second-order valence-electron chi connectivity index (χ2n) is 7.46. The molecule has 1 fully saturated rings. The van der Waals surface area contributed by atoms with E-state index in [0.717, 1.165) is 0 Å². The molecule has 0 amide bonds. The summed E-state index contributed by atoms with van der Waals surface area (Å²) < 4.78 is 7.45. The summed E-state index contributed by atoms with van der Waals surface area (Å²) in [5.41, 5.74) is 2.37. The number of benzene rings is 1. The van der Waals surface area contributed by atoms with E-state index in [0.29, 0.717) is 29.3 Å². The molecule has 8 heteroatoms. The van der Waals surface area contributed by atoms with Crippen LogP contribution in [-0.2, 0) is 4.74 Å². The summed E-state index contributed by atoms with van der Waals surface area (Å²) in [6, 6.07) is 10.3. The predicted octanol–water partition coefficient (Wildman–Crippen LogP) is 2.28. The standard InChI is InChI=1S/C20H25N5O3/c1-12(2)16(13-6-4-3-5-7-13)24-18-17-19(22-10-21-18)25(11-23-17)20-15(27)8-14(9-26)28-20/h3-7,10-12,14-16,20,26-27H,8-9H2,1-2H3,(H,21,22,24). The Morgan fingerprint density at radius 1 is 1.21 bits per heavy atom. The van der Waals surface area contributed by atoms with Gasteiger partial charge in [0.05, 0.1) is 25.1 Å². The van der Waals surface area contributed by atoms with Crippen LogP contribution >= 0.6 is 0 Å². The minimum atomic E-state index is -0.728. The number of aromatic nitrogens is 4. The number of nitrogens with one attached hydrogen (secondary N) is 1. The molecule has 1 aliphatic rings. The van der Waals surface area contributed by atoms with Crippen LogP contribution in [0.3, 0.4) is 0 Å². The second-order valence-corrected chi connectivity index (χ2v) is 7.46. The second kappa shape index (κ2) is 7.83. The van der Waals surface area contributed by atoms with Crippen molar-refractivity contribution in [3.63, 3.8) is 0 Å². The van der Waals surface area contributed by atoms with Gasteiger partial charge >= 0.3 is 0 Å². The Morgan fingerprint density at radius 2 is 2.00 bits per heavy atom. The van der Waals surface area contributed by atoms with Crippen LogP contribution in [0.2, 0.25) is 0 Å². The molecule has 0 spiro atoms. The largest absolute Gasteiger partial charge is 0.394 e. The summed E-state index contributed by atoms with van der Waals surface area (Å²) in [6.07, 6.45) is 1.72. The number of aliphatic hydroxyl groups excluding tert-OH is 2. The van der Waals surface area contributed by atoms with Gasteiger partial charge in [0, 0.05) is 6.42 Å². The first kappa shape index (κ1) is 18.8. The molecule has 8 nitrogen and oxygen atoms in total. The van der Waals surface area contributed by atoms with E-state index in [1.807, 2.05) is 18.2 Å². The summed E-state index contributed by atoms with van der Waals surface area (Å²) in [4.78, 5) is 13.2. The van der Waals surface area contributed by atoms with Crippen molar-refractivity contribution in [1.82, 2.24) is 19.5 Å². The van der Waals surface area contributed by atoms with Crippen molar-refractivity contribution < 1.29 is 14.9 Å². The number of rotatable bonds is 6. The van der Waals surface area contributed by atoms with Crippen LogP contribution in [0.5, 0.6) is 0 Å². The Bertz CT molecular complexity index is 930. The molecule has 0 saturated carbocycles. The number of hydrogen-bond donors (Lipinski definition) is 3. The van der Waals surface area contributed by atoms with Crippen LogP contribution in [0.25, 0.3) is 11.2 Å². The van der Waals surface area contributed by atoms with Gasteiger partial charge in [-0.05, 0) is 11.5 Å². The van der Waals surface area contributed by atoms with Crippen molar-refractivity contribution in [2.45, 2.75) is 44.7 Å². The first-order chi connectivity index (χ1) is 13.6. The zero-order valence-electron chi connectivity index (χ0n) is 15.9. The van der Waals surface area contributed by atoms with Crippen molar-refractivity contribution in [2.24, 2.45) is 5.92 Å². The Balaban J connectivity index is 1.67. The number of nitrogens with zero attached hydrogens (tertiary/aromatic N) is 4. The average molecular weight is 383 g/mol. The van der Waals surface area contributed by atoms with E-state index in [-0.39, 0.29) is 18.8 Å². The number of anilines is 1. The maximum atomic E-state index is 10.3. The van der Waals surface area contributed by atoms with E-state index >= 15 is 0 Å². The lowest BCUT2D eigenvalue weighted by Crippen LogP contribution is -2.20. The Labute approximate surface area is 163 Å². The van der Waals surface area contributed by atoms with Crippen molar-refractivity contribution >= 4 is 17.0 Å². The molecule has 148 valence electrons. The van der Waals surface area contributed by atoms with Gasteiger partial charge in [-0.3, -0.25) is 4.57 Å². The first-order valence-electron chi connectivity index (χ1n) is 9.52. The summed E-state index contributed by atoms with van der Waals surface area (Å²) in [5, 5.41) is 23.1. The van der Waals surface area contributed by atoms with Gasteiger partial charge in [0.15, 0.2) is 23.2 Å². The maximum absolute atomic E-state index is 10.3. The molecule has 0 bridgehead atoms. The van der Waals surface area contributed by atoms with Crippen LogP contribution in [0.15, 0.2) is 43.0 Å². The van der Waals surface area contributed by atoms with Crippen molar-refractivity contribution in [2.75, 3.05) is 11.9 Å². The highest BCUT2D eigenvalue weighted by atomic mass is 16.5. The lowest BCUT2D eigenvalue weighted by atomic mass is 9.96. The van der Waals surface area contributed by atoms with E-state index in [1.54, 1.807) is 10.9 Å². The molecule has 28 heavy (non-hydrogen) atoms. The zero-order chi connectivity index (χ0) is 19.7. The molecule has 4 atom stereocenters. The third-order valence-corrected chi connectivity index (χ3v) is 5.12. The Kier molecular flexibility index (Phi) is 5.25. The summed E-state index contributed by atoms with van der Waals surface area (Å²) >= 11 is 0. The molecule has 1 saturated heterocycles. The molecule has 3 heterocycles. The van der Waals surface area contributed by atoms with E-state index in [4.69, 9.17) is 4.74 Å². The molecular weight excluding hydrogens is 358 g/mol. The van der Waals surface area contributed by atoms with E-state index < -0.39 is 12.3 Å². The molecule has 0 aliphatic carbocycles. The van der Waals surface area contributed by atoms with Gasteiger partial charge in [0.2, 0.25) is 0 Å². The lowest BCUT2D eigenvalue weighted by Gasteiger charge is -2.23. The van der Waals surface area contributed by atoms with Crippen molar-refractivity contribution in [1.29, 1.82) is 0 Å². The molecule has 4 rings (SSSR count). The quantitative estimate of drug-likeness (QED) is 0.600. The molecule has 4 unspecified atom stereocenters. The maximum Gasteiger partial charge on any atom is 0.167 e. The fraction of sp³-hybridized carbons (Fsp3) is 0.450. The van der Waals surface area contributed by atoms with E-state index in [9.17, 15) is 10.2 Å². The molecule has 2 aromatic heterocycles. The zero-order valence-corrected chi connectivity index (χ0v) is 15.9. The molecular formula is C20H25N5O3. The van der Waals surface area contributed by atoms with Gasteiger partial charge in [-0.1, -0.05) is 44.2 Å². The number of aliphatic hydroxyl groups is 2. The Hall–Kier alpha value is -2.55. The van der Waals surface area contributed by atoms with E-state index in [2.05, 4.69) is 46.2 Å². The normalized spacial score (nSPS) is 23.4. The molecule has 0 radical (unpaired) electrons. The molecule has 1 aliphatic heterocycles. The highest BCUT2D eigenvalue weighted by Gasteiger charge is 2.36. The van der Waals surface area contributed by atoms with Gasteiger partial charge in [-0.15, -0.1) is 0 Å². The number of ether oxygens (including phenoxy) is 1. The topological polar surface area (TPSA) is 105 Å². The molecule has 3 aromatic rings. The number of fused-ring (bicyclic) bond motifs is 1. The Morgan fingerprint density at radius 3 is 2.68 bits per heavy atom. The third kappa shape index (κ3) is 3.46. The van der Waals surface area contributed by atoms with Crippen LogP contribution < -0.4 is 5.32 Å².